The zero-order chi connectivity index (χ0) is 25.4. The standard InChI is InChI=1S/C29H31N3O4/c1-29(2)15-20(33)25-23(16-29)36-28-26(24(25)19-8-6-5-7-9-19)27(30)32(17-31-28)13-12-18-10-11-21(34-3)22(14-18)35-4/h5-11,14,17,24,30H,12-13,15-16H2,1-4H3. The number of allylic oxidation sites excluding steroid dienone is 2. The second-order valence-corrected chi connectivity index (χ2v) is 10.2. The number of aromatic nitrogens is 2. The summed E-state index contributed by atoms with van der Waals surface area (Å²) in [5.41, 5.74) is 3.47. The Morgan fingerprint density at radius 2 is 1.83 bits per heavy atom. The number of nitrogens with zero attached hydrogens (tertiary/aromatic N) is 2. The van der Waals surface area contributed by atoms with E-state index in [4.69, 9.17) is 19.6 Å². The maximum atomic E-state index is 13.4. The Labute approximate surface area is 210 Å². The minimum Gasteiger partial charge on any atom is -0.493 e. The Hall–Kier alpha value is -3.87. The van der Waals surface area contributed by atoms with Gasteiger partial charge in [-0.15, -0.1) is 0 Å². The molecule has 0 amide bonds. The predicted octanol–water partition coefficient (Wildman–Crippen LogP) is 4.79. The van der Waals surface area contributed by atoms with Crippen molar-refractivity contribution in [2.75, 3.05) is 14.2 Å². The van der Waals surface area contributed by atoms with Crippen LogP contribution in [0.4, 0.5) is 0 Å². The van der Waals surface area contributed by atoms with Gasteiger partial charge in [0, 0.05) is 30.9 Å². The van der Waals surface area contributed by atoms with Crippen molar-refractivity contribution in [3.8, 4) is 17.4 Å². The smallest absolute Gasteiger partial charge is 0.228 e. The third kappa shape index (κ3) is 4.30. The van der Waals surface area contributed by atoms with Crippen LogP contribution in [-0.4, -0.2) is 29.6 Å². The molecule has 0 bridgehead atoms. The fraction of sp³-hybridized carbons (Fsp3) is 0.345. The molecule has 186 valence electrons. The summed E-state index contributed by atoms with van der Waals surface area (Å²) in [6, 6.07) is 15.7. The third-order valence-corrected chi connectivity index (χ3v) is 6.99. The van der Waals surface area contributed by atoms with Gasteiger partial charge in [-0.2, -0.15) is 0 Å². The van der Waals surface area contributed by atoms with E-state index < -0.39 is 0 Å². The first kappa shape index (κ1) is 23.9. The number of fused-ring (bicyclic) bond motifs is 1. The Morgan fingerprint density at radius 3 is 2.56 bits per heavy atom. The number of carbonyl (C=O) groups excluding carboxylic acids is 1. The Morgan fingerprint density at radius 1 is 1.08 bits per heavy atom. The van der Waals surface area contributed by atoms with Crippen molar-refractivity contribution in [2.45, 2.75) is 45.6 Å². The lowest BCUT2D eigenvalue weighted by molar-refractivity contribution is -0.118. The molecule has 2 aromatic carbocycles. The summed E-state index contributed by atoms with van der Waals surface area (Å²) in [5.74, 6) is 2.17. The number of ether oxygens (including phenoxy) is 3. The van der Waals surface area contributed by atoms with Gasteiger partial charge in [-0.3, -0.25) is 10.2 Å². The summed E-state index contributed by atoms with van der Waals surface area (Å²) in [6.07, 6.45) is 3.46. The fourth-order valence-electron chi connectivity index (χ4n) is 5.23. The van der Waals surface area contributed by atoms with Crippen LogP contribution in [0.5, 0.6) is 17.4 Å². The first-order valence-electron chi connectivity index (χ1n) is 12.1. The molecule has 1 aromatic heterocycles. The molecule has 0 saturated carbocycles. The summed E-state index contributed by atoms with van der Waals surface area (Å²) in [6.45, 7) is 4.71. The second-order valence-electron chi connectivity index (χ2n) is 10.2. The molecular weight excluding hydrogens is 454 g/mol. The molecule has 1 N–H and O–H groups in total. The maximum Gasteiger partial charge on any atom is 0.228 e. The SMILES string of the molecule is COc1ccc(CCn2cnc3c(c2=N)C(c2ccccc2)C2=C(CC(C)(C)CC2=O)O3)cc1OC. The number of Topliss-reactive ketones (excluding diaryl/α,β-unsaturated/α-hetero) is 1. The van der Waals surface area contributed by atoms with Gasteiger partial charge in [0.2, 0.25) is 5.88 Å². The molecular formula is C29H31N3O4. The lowest BCUT2D eigenvalue weighted by Gasteiger charge is -2.37. The number of aryl methyl sites for hydroxylation is 2. The highest BCUT2D eigenvalue weighted by Crippen LogP contribution is 2.48. The number of hydrogen-bond donors (Lipinski definition) is 1. The van der Waals surface area contributed by atoms with Crippen LogP contribution in [0.15, 0.2) is 66.2 Å². The summed E-state index contributed by atoms with van der Waals surface area (Å²) >= 11 is 0. The molecule has 7 nitrogen and oxygen atoms in total. The molecule has 2 aliphatic rings. The topological polar surface area (TPSA) is 86.4 Å². The van der Waals surface area contributed by atoms with Gasteiger partial charge >= 0.3 is 0 Å². The average molecular weight is 486 g/mol. The number of rotatable bonds is 6. The highest BCUT2D eigenvalue weighted by molar-refractivity contribution is 6.00. The van der Waals surface area contributed by atoms with Gasteiger partial charge in [0.15, 0.2) is 17.3 Å². The quantitative estimate of drug-likeness (QED) is 0.543. The zero-order valence-corrected chi connectivity index (χ0v) is 21.1. The lowest BCUT2D eigenvalue weighted by atomic mass is 9.70. The van der Waals surface area contributed by atoms with Crippen LogP contribution in [0.2, 0.25) is 0 Å². The normalized spacial score (nSPS) is 18.2. The van der Waals surface area contributed by atoms with Crippen molar-refractivity contribution < 1.29 is 19.0 Å². The Bertz CT molecular complexity index is 1410. The molecule has 5 rings (SSSR count). The molecule has 3 aromatic rings. The van der Waals surface area contributed by atoms with Gasteiger partial charge in [-0.05, 0) is 35.1 Å². The van der Waals surface area contributed by atoms with Gasteiger partial charge in [0.05, 0.1) is 19.8 Å². The Kier molecular flexibility index (Phi) is 6.16. The molecule has 1 unspecified atom stereocenters. The van der Waals surface area contributed by atoms with Crippen molar-refractivity contribution in [3.05, 3.63) is 88.4 Å². The van der Waals surface area contributed by atoms with E-state index in [2.05, 4.69) is 18.8 Å². The average Bonchev–Trinajstić information content (AvgIpc) is 2.86. The predicted molar refractivity (Wildman–Crippen MR) is 135 cm³/mol. The van der Waals surface area contributed by atoms with Crippen LogP contribution in [0, 0.1) is 10.8 Å². The van der Waals surface area contributed by atoms with Gasteiger partial charge < -0.3 is 18.8 Å². The van der Waals surface area contributed by atoms with Crippen LogP contribution in [0.25, 0.3) is 0 Å². The summed E-state index contributed by atoms with van der Waals surface area (Å²) < 4.78 is 18.8. The van der Waals surface area contributed by atoms with Gasteiger partial charge in [0.25, 0.3) is 0 Å². The van der Waals surface area contributed by atoms with Crippen LogP contribution < -0.4 is 19.7 Å². The fourth-order valence-corrected chi connectivity index (χ4v) is 5.23. The van der Waals surface area contributed by atoms with E-state index in [9.17, 15) is 4.79 Å². The van der Waals surface area contributed by atoms with Crippen molar-refractivity contribution in [1.29, 1.82) is 5.41 Å². The number of hydrogen-bond acceptors (Lipinski definition) is 6. The molecule has 7 heteroatoms. The summed E-state index contributed by atoms with van der Waals surface area (Å²) in [4.78, 5) is 18.0. The van der Waals surface area contributed by atoms with E-state index in [0.29, 0.717) is 65.6 Å². The van der Waals surface area contributed by atoms with Gasteiger partial charge in [0.1, 0.15) is 17.6 Å². The van der Waals surface area contributed by atoms with E-state index in [0.717, 1.165) is 11.1 Å². The molecule has 1 aliphatic carbocycles. The minimum atomic E-state index is -0.373. The number of carbonyl (C=O) groups is 1. The van der Waals surface area contributed by atoms with E-state index in [1.54, 1.807) is 20.5 Å². The molecule has 2 heterocycles. The largest absolute Gasteiger partial charge is 0.493 e. The van der Waals surface area contributed by atoms with Crippen molar-refractivity contribution >= 4 is 5.78 Å². The first-order valence-corrected chi connectivity index (χ1v) is 12.1. The molecule has 0 fully saturated rings. The van der Waals surface area contributed by atoms with Crippen molar-refractivity contribution in [1.82, 2.24) is 9.55 Å². The zero-order valence-electron chi connectivity index (χ0n) is 21.1. The first-order chi connectivity index (χ1) is 17.3. The van der Waals surface area contributed by atoms with Crippen molar-refractivity contribution in [3.63, 3.8) is 0 Å². The lowest BCUT2D eigenvalue weighted by Crippen LogP contribution is -2.37. The summed E-state index contributed by atoms with van der Waals surface area (Å²) in [7, 11) is 3.23. The number of methoxy groups -OCH3 is 2. The molecule has 0 spiro atoms. The second kappa shape index (κ2) is 9.30. The molecule has 0 saturated heterocycles. The van der Waals surface area contributed by atoms with Crippen LogP contribution in [0.3, 0.4) is 0 Å². The van der Waals surface area contributed by atoms with E-state index in [1.807, 2.05) is 53.1 Å². The molecule has 36 heavy (non-hydrogen) atoms. The monoisotopic (exact) mass is 485 g/mol. The number of ketones is 1. The molecule has 1 aliphatic heterocycles. The number of benzene rings is 2. The van der Waals surface area contributed by atoms with Crippen LogP contribution >= 0.6 is 0 Å². The Balaban J connectivity index is 1.54. The highest BCUT2D eigenvalue weighted by atomic mass is 16.5. The number of nitrogens with one attached hydrogen (secondary N) is 1. The van der Waals surface area contributed by atoms with E-state index in [-0.39, 0.29) is 17.1 Å². The highest BCUT2D eigenvalue weighted by Gasteiger charge is 2.43. The third-order valence-electron chi connectivity index (χ3n) is 6.99. The van der Waals surface area contributed by atoms with E-state index in [1.165, 1.54) is 0 Å². The van der Waals surface area contributed by atoms with Gasteiger partial charge in [-0.25, -0.2) is 4.98 Å². The van der Waals surface area contributed by atoms with E-state index >= 15 is 0 Å². The van der Waals surface area contributed by atoms with Crippen LogP contribution in [0.1, 0.15) is 49.3 Å². The maximum absolute atomic E-state index is 13.4. The van der Waals surface area contributed by atoms with Crippen molar-refractivity contribution in [2.24, 2.45) is 5.41 Å². The molecule has 0 radical (unpaired) electrons. The minimum absolute atomic E-state index is 0.0842. The van der Waals surface area contributed by atoms with Crippen LogP contribution in [-0.2, 0) is 17.8 Å². The summed E-state index contributed by atoms with van der Waals surface area (Å²) in [5, 5.41) is 9.13. The van der Waals surface area contributed by atoms with Gasteiger partial charge in [-0.1, -0.05) is 50.2 Å². The molecule has 1 atom stereocenters.